The largest absolute Gasteiger partial charge is 0.493 e. The van der Waals surface area contributed by atoms with Crippen LogP contribution in [0.15, 0.2) is 24.7 Å². The number of methoxy groups -OCH3 is 1. The van der Waals surface area contributed by atoms with Crippen molar-refractivity contribution in [3.8, 4) is 11.5 Å². The summed E-state index contributed by atoms with van der Waals surface area (Å²) in [6.07, 6.45) is 4.63. The number of benzene rings is 1. The van der Waals surface area contributed by atoms with Gasteiger partial charge in [0.1, 0.15) is 12.9 Å². The van der Waals surface area contributed by atoms with Gasteiger partial charge in [-0.25, -0.2) is 9.97 Å². The molecular formula is C16H17N3O4. The SMILES string of the molecule is COc1cc2cncnc2cc1OCCN1C(=O)CCCC1=O. The van der Waals surface area contributed by atoms with Crippen molar-refractivity contribution in [3.05, 3.63) is 24.7 Å². The number of hydrogen-bond donors (Lipinski definition) is 0. The molecule has 7 nitrogen and oxygen atoms in total. The molecule has 7 heteroatoms. The first kappa shape index (κ1) is 15.2. The Morgan fingerprint density at radius 3 is 2.70 bits per heavy atom. The van der Waals surface area contributed by atoms with Crippen molar-refractivity contribution in [1.82, 2.24) is 14.9 Å². The molecule has 2 amide bonds. The number of hydrogen-bond acceptors (Lipinski definition) is 6. The molecule has 0 atom stereocenters. The van der Waals surface area contributed by atoms with Crippen molar-refractivity contribution in [2.75, 3.05) is 20.3 Å². The van der Waals surface area contributed by atoms with E-state index in [-0.39, 0.29) is 25.0 Å². The zero-order chi connectivity index (χ0) is 16.2. The van der Waals surface area contributed by atoms with Crippen molar-refractivity contribution in [2.45, 2.75) is 19.3 Å². The molecule has 1 aromatic heterocycles. The van der Waals surface area contributed by atoms with E-state index in [1.54, 1.807) is 25.4 Å². The fourth-order valence-corrected chi connectivity index (χ4v) is 2.56. The molecule has 0 saturated carbocycles. The number of rotatable bonds is 5. The predicted molar refractivity (Wildman–Crippen MR) is 82.2 cm³/mol. The molecule has 0 radical (unpaired) electrons. The van der Waals surface area contributed by atoms with Crippen LogP contribution in [0.3, 0.4) is 0 Å². The van der Waals surface area contributed by atoms with Crippen molar-refractivity contribution in [2.24, 2.45) is 0 Å². The average Bonchev–Trinajstić information content (AvgIpc) is 2.56. The van der Waals surface area contributed by atoms with Crippen LogP contribution in [0, 0.1) is 0 Å². The third kappa shape index (κ3) is 3.23. The Morgan fingerprint density at radius 1 is 1.17 bits per heavy atom. The molecule has 0 N–H and O–H groups in total. The van der Waals surface area contributed by atoms with Crippen molar-refractivity contribution >= 4 is 22.7 Å². The molecule has 1 aromatic carbocycles. The third-order valence-corrected chi connectivity index (χ3v) is 3.75. The number of ether oxygens (including phenoxy) is 2. The number of carbonyl (C=O) groups excluding carboxylic acids is 2. The molecule has 1 aliphatic rings. The van der Waals surface area contributed by atoms with Crippen molar-refractivity contribution in [3.63, 3.8) is 0 Å². The van der Waals surface area contributed by atoms with E-state index in [1.165, 1.54) is 11.2 Å². The van der Waals surface area contributed by atoms with Crippen LogP contribution < -0.4 is 9.47 Å². The average molecular weight is 315 g/mol. The molecule has 2 aromatic rings. The summed E-state index contributed by atoms with van der Waals surface area (Å²) in [5.74, 6) is 0.810. The van der Waals surface area contributed by atoms with Crippen LogP contribution in [-0.4, -0.2) is 46.9 Å². The zero-order valence-corrected chi connectivity index (χ0v) is 12.8. The minimum absolute atomic E-state index is 0.136. The smallest absolute Gasteiger partial charge is 0.229 e. The molecule has 0 aliphatic carbocycles. The van der Waals surface area contributed by atoms with Gasteiger partial charge in [-0.15, -0.1) is 0 Å². The van der Waals surface area contributed by atoms with E-state index in [1.807, 2.05) is 0 Å². The van der Waals surface area contributed by atoms with E-state index < -0.39 is 0 Å². The molecule has 120 valence electrons. The highest BCUT2D eigenvalue weighted by Gasteiger charge is 2.25. The molecule has 23 heavy (non-hydrogen) atoms. The lowest BCUT2D eigenvalue weighted by molar-refractivity contribution is -0.148. The molecule has 0 spiro atoms. The van der Waals surface area contributed by atoms with Crippen LogP contribution in [0.1, 0.15) is 19.3 Å². The standard InChI is InChI=1S/C16H17N3O4/c1-22-13-7-11-9-17-10-18-12(11)8-14(13)23-6-5-19-15(20)3-2-4-16(19)21/h7-10H,2-6H2,1H3. The van der Waals surface area contributed by atoms with Gasteiger partial charge in [0, 0.05) is 30.5 Å². The minimum Gasteiger partial charge on any atom is -0.493 e. The number of imide groups is 1. The van der Waals surface area contributed by atoms with Crippen molar-refractivity contribution < 1.29 is 19.1 Å². The van der Waals surface area contributed by atoms with E-state index in [9.17, 15) is 9.59 Å². The summed E-state index contributed by atoms with van der Waals surface area (Å²) in [6.45, 7) is 0.451. The Kier molecular flexibility index (Phi) is 4.36. The van der Waals surface area contributed by atoms with Crippen LogP contribution in [0.4, 0.5) is 0 Å². The van der Waals surface area contributed by atoms with E-state index in [0.717, 1.165) is 10.9 Å². The minimum atomic E-state index is -0.136. The summed E-state index contributed by atoms with van der Waals surface area (Å²) in [7, 11) is 1.55. The van der Waals surface area contributed by atoms with E-state index in [0.29, 0.717) is 30.8 Å². The number of fused-ring (bicyclic) bond motifs is 1. The second kappa shape index (κ2) is 6.60. The summed E-state index contributed by atoms with van der Waals surface area (Å²) in [5, 5.41) is 0.845. The molecule has 1 saturated heterocycles. The quantitative estimate of drug-likeness (QED) is 0.779. The highest BCUT2D eigenvalue weighted by atomic mass is 16.5. The lowest BCUT2D eigenvalue weighted by atomic mass is 10.1. The van der Waals surface area contributed by atoms with Gasteiger partial charge in [0.25, 0.3) is 0 Å². The highest BCUT2D eigenvalue weighted by molar-refractivity contribution is 5.97. The Balaban J connectivity index is 1.71. The molecule has 1 fully saturated rings. The fourth-order valence-electron chi connectivity index (χ4n) is 2.56. The Hall–Kier alpha value is -2.70. The lowest BCUT2D eigenvalue weighted by Crippen LogP contribution is -2.42. The van der Waals surface area contributed by atoms with Gasteiger partial charge in [-0.1, -0.05) is 0 Å². The second-order valence-electron chi connectivity index (χ2n) is 5.23. The molecule has 0 unspecified atom stereocenters. The second-order valence-corrected chi connectivity index (χ2v) is 5.23. The normalized spacial score (nSPS) is 15.1. The van der Waals surface area contributed by atoms with E-state index in [2.05, 4.69) is 9.97 Å². The van der Waals surface area contributed by atoms with Crippen LogP contribution in [0.25, 0.3) is 10.9 Å². The monoisotopic (exact) mass is 315 g/mol. The molecule has 3 rings (SSSR count). The number of nitrogens with zero attached hydrogens (tertiary/aromatic N) is 3. The van der Waals surface area contributed by atoms with E-state index >= 15 is 0 Å². The Morgan fingerprint density at radius 2 is 1.96 bits per heavy atom. The lowest BCUT2D eigenvalue weighted by Gasteiger charge is -2.24. The number of carbonyl (C=O) groups is 2. The van der Waals surface area contributed by atoms with Gasteiger partial charge in [-0.05, 0) is 12.5 Å². The Labute approximate surface area is 133 Å². The highest BCUT2D eigenvalue weighted by Crippen LogP contribution is 2.31. The number of amides is 2. The summed E-state index contributed by atoms with van der Waals surface area (Å²) in [5.41, 5.74) is 0.737. The maximum atomic E-state index is 11.8. The first-order valence-electron chi connectivity index (χ1n) is 7.43. The van der Waals surface area contributed by atoms with Gasteiger partial charge in [0.2, 0.25) is 11.8 Å². The summed E-state index contributed by atoms with van der Waals surface area (Å²) in [4.78, 5) is 32.9. The summed E-state index contributed by atoms with van der Waals surface area (Å²) < 4.78 is 11.0. The van der Waals surface area contributed by atoms with Crippen LogP contribution in [-0.2, 0) is 9.59 Å². The van der Waals surface area contributed by atoms with Crippen molar-refractivity contribution in [1.29, 1.82) is 0 Å². The maximum Gasteiger partial charge on any atom is 0.229 e. The van der Waals surface area contributed by atoms with Gasteiger partial charge in [0.05, 0.1) is 19.2 Å². The maximum absolute atomic E-state index is 11.8. The molecule has 2 heterocycles. The van der Waals surface area contributed by atoms with E-state index in [4.69, 9.17) is 9.47 Å². The number of likely N-dealkylation sites (tertiary alicyclic amines) is 1. The van der Waals surface area contributed by atoms with Gasteiger partial charge >= 0.3 is 0 Å². The topological polar surface area (TPSA) is 81.6 Å². The predicted octanol–water partition coefficient (Wildman–Crippen LogP) is 1.56. The first-order chi connectivity index (χ1) is 11.2. The van der Waals surface area contributed by atoms with Gasteiger partial charge in [-0.3, -0.25) is 14.5 Å². The van der Waals surface area contributed by atoms with Crippen LogP contribution in [0.2, 0.25) is 0 Å². The molecule has 0 bridgehead atoms. The van der Waals surface area contributed by atoms with Crippen LogP contribution >= 0.6 is 0 Å². The number of piperidine rings is 1. The zero-order valence-electron chi connectivity index (χ0n) is 12.8. The number of aromatic nitrogens is 2. The van der Waals surface area contributed by atoms with Gasteiger partial charge in [-0.2, -0.15) is 0 Å². The third-order valence-electron chi connectivity index (χ3n) is 3.75. The van der Waals surface area contributed by atoms with Gasteiger partial charge < -0.3 is 9.47 Å². The fraction of sp³-hybridized carbons (Fsp3) is 0.375. The van der Waals surface area contributed by atoms with Crippen LogP contribution in [0.5, 0.6) is 11.5 Å². The Bertz CT molecular complexity index is 731. The van der Waals surface area contributed by atoms with Gasteiger partial charge in [0.15, 0.2) is 11.5 Å². The first-order valence-corrected chi connectivity index (χ1v) is 7.43. The molecular weight excluding hydrogens is 298 g/mol. The molecule has 1 aliphatic heterocycles. The summed E-state index contributed by atoms with van der Waals surface area (Å²) >= 11 is 0. The summed E-state index contributed by atoms with van der Waals surface area (Å²) in [6, 6.07) is 3.55.